The summed E-state index contributed by atoms with van der Waals surface area (Å²) in [6, 6.07) is 2.82. The van der Waals surface area contributed by atoms with Crippen LogP contribution in [0.5, 0.6) is 0 Å². The molecule has 1 amide bonds. The molecule has 1 N–H and O–H groups in total. The van der Waals surface area contributed by atoms with Crippen molar-refractivity contribution in [3.8, 4) is 0 Å². The summed E-state index contributed by atoms with van der Waals surface area (Å²) < 4.78 is 27.7. The summed E-state index contributed by atoms with van der Waals surface area (Å²) in [5.41, 5.74) is -0.566. The highest BCUT2D eigenvalue weighted by Gasteiger charge is 2.46. The van der Waals surface area contributed by atoms with Crippen LogP contribution in [0.25, 0.3) is 0 Å². The van der Waals surface area contributed by atoms with Gasteiger partial charge >= 0.3 is 5.97 Å². The van der Waals surface area contributed by atoms with Crippen LogP contribution in [0.4, 0.5) is 5.69 Å². The minimum absolute atomic E-state index is 0.0196. The van der Waals surface area contributed by atoms with Crippen molar-refractivity contribution in [1.29, 1.82) is 0 Å². The smallest absolute Gasteiger partial charge is 0.326 e. The number of amides is 1. The lowest BCUT2D eigenvalue weighted by molar-refractivity contribution is -0.387. The van der Waals surface area contributed by atoms with Crippen LogP contribution in [-0.2, 0) is 19.6 Å². The average molecular weight is 456 g/mol. The van der Waals surface area contributed by atoms with Crippen LogP contribution >= 0.6 is 0 Å². The minimum atomic E-state index is -4.36. The van der Waals surface area contributed by atoms with E-state index in [1.54, 1.807) is 0 Å². The molecule has 0 radical (unpaired) electrons. The second-order valence-corrected chi connectivity index (χ2v) is 10.4. The highest BCUT2D eigenvalue weighted by Crippen LogP contribution is 2.32. The molecule has 31 heavy (non-hydrogen) atoms. The van der Waals surface area contributed by atoms with Crippen LogP contribution < -0.4 is 0 Å². The molecule has 172 valence electrons. The number of hydrogen-bond donors (Lipinski definition) is 1. The zero-order chi connectivity index (χ0) is 23.5. The minimum Gasteiger partial charge on any atom is -0.480 e. The summed E-state index contributed by atoms with van der Waals surface area (Å²) in [7, 11) is -4.36. The SMILES string of the molecule is CC(C)C[C@@H](C(=O)O)N1CCN(S(=O)(=O)c2ccccc2[N+](=O)[O-])[C@@H](CC(C)C)C1=O. The van der Waals surface area contributed by atoms with Gasteiger partial charge in [-0.3, -0.25) is 14.9 Å². The molecule has 1 heterocycles. The fourth-order valence-electron chi connectivity index (χ4n) is 3.81. The second-order valence-electron chi connectivity index (χ2n) is 8.50. The van der Waals surface area contributed by atoms with Crippen molar-refractivity contribution in [2.24, 2.45) is 11.8 Å². The molecule has 1 aliphatic heterocycles. The maximum absolute atomic E-state index is 13.4. The van der Waals surface area contributed by atoms with E-state index in [1.807, 2.05) is 27.7 Å². The van der Waals surface area contributed by atoms with Crippen molar-refractivity contribution in [2.75, 3.05) is 13.1 Å². The molecule has 1 aromatic carbocycles. The lowest BCUT2D eigenvalue weighted by atomic mass is 9.97. The number of piperazine rings is 1. The quantitative estimate of drug-likeness (QED) is 0.445. The van der Waals surface area contributed by atoms with Gasteiger partial charge < -0.3 is 10.0 Å². The van der Waals surface area contributed by atoms with Crippen molar-refractivity contribution in [3.63, 3.8) is 0 Å². The van der Waals surface area contributed by atoms with E-state index in [0.717, 1.165) is 16.4 Å². The fraction of sp³-hybridized carbons (Fsp3) is 0.600. The molecule has 0 bridgehead atoms. The van der Waals surface area contributed by atoms with Gasteiger partial charge in [-0.05, 0) is 30.7 Å². The van der Waals surface area contributed by atoms with Gasteiger partial charge in [0.1, 0.15) is 12.1 Å². The molecule has 0 aromatic heterocycles. The summed E-state index contributed by atoms with van der Waals surface area (Å²) in [6.07, 6.45) is 0.412. The molecule has 10 nitrogen and oxygen atoms in total. The summed E-state index contributed by atoms with van der Waals surface area (Å²) in [5.74, 6) is -1.77. The molecule has 0 unspecified atom stereocenters. The summed E-state index contributed by atoms with van der Waals surface area (Å²) in [6.45, 7) is 7.11. The molecule has 0 aliphatic carbocycles. The number of carbonyl (C=O) groups is 2. The van der Waals surface area contributed by atoms with Crippen molar-refractivity contribution in [3.05, 3.63) is 34.4 Å². The van der Waals surface area contributed by atoms with E-state index in [4.69, 9.17) is 0 Å². The van der Waals surface area contributed by atoms with E-state index in [0.29, 0.717) is 0 Å². The number of benzene rings is 1. The second kappa shape index (κ2) is 9.73. The Bertz CT molecular complexity index is 946. The zero-order valence-corrected chi connectivity index (χ0v) is 18.9. The number of aliphatic carboxylic acids is 1. The molecular formula is C20H29N3O7S. The van der Waals surface area contributed by atoms with E-state index < -0.39 is 49.5 Å². The summed E-state index contributed by atoms with van der Waals surface area (Å²) in [4.78, 5) is 36.5. The van der Waals surface area contributed by atoms with Crippen LogP contribution in [0.3, 0.4) is 0 Å². The molecule has 0 saturated carbocycles. The van der Waals surface area contributed by atoms with E-state index in [2.05, 4.69) is 0 Å². The molecule has 1 aromatic rings. The van der Waals surface area contributed by atoms with Crippen LogP contribution in [0.1, 0.15) is 40.5 Å². The van der Waals surface area contributed by atoms with Crippen molar-refractivity contribution >= 4 is 27.6 Å². The number of rotatable bonds is 9. The molecule has 2 rings (SSSR count). The number of para-hydroxylation sites is 1. The zero-order valence-electron chi connectivity index (χ0n) is 18.1. The van der Waals surface area contributed by atoms with Gasteiger partial charge in [0.2, 0.25) is 5.91 Å². The number of hydrogen-bond acceptors (Lipinski definition) is 6. The topological polar surface area (TPSA) is 138 Å². The van der Waals surface area contributed by atoms with Gasteiger partial charge in [0, 0.05) is 19.2 Å². The molecule has 2 atom stereocenters. The monoisotopic (exact) mass is 455 g/mol. The Labute approximate surface area is 182 Å². The predicted octanol–water partition coefficient (Wildman–Crippen LogP) is 2.34. The maximum atomic E-state index is 13.4. The number of sulfonamides is 1. The Hall–Kier alpha value is -2.53. The average Bonchev–Trinajstić information content (AvgIpc) is 2.67. The molecule has 11 heteroatoms. The Kier molecular flexibility index (Phi) is 7.77. The number of carbonyl (C=O) groups excluding carboxylic acids is 1. The maximum Gasteiger partial charge on any atom is 0.326 e. The van der Waals surface area contributed by atoms with Gasteiger partial charge in [-0.25, -0.2) is 13.2 Å². The molecule has 1 aliphatic rings. The van der Waals surface area contributed by atoms with E-state index in [-0.39, 0.29) is 37.8 Å². The Balaban J connectivity index is 2.49. The number of carboxylic acids is 1. The third-order valence-corrected chi connectivity index (χ3v) is 7.13. The molecule has 1 fully saturated rings. The number of nitro benzene ring substituents is 1. The number of nitrogens with zero attached hydrogens (tertiary/aromatic N) is 3. The highest BCUT2D eigenvalue weighted by molar-refractivity contribution is 7.89. The van der Waals surface area contributed by atoms with Gasteiger partial charge in [-0.2, -0.15) is 4.31 Å². The largest absolute Gasteiger partial charge is 0.480 e. The van der Waals surface area contributed by atoms with Crippen molar-refractivity contribution in [2.45, 2.75) is 57.5 Å². The number of carboxylic acid groups (broad SMARTS) is 1. The van der Waals surface area contributed by atoms with Crippen LogP contribution in [-0.4, -0.2) is 64.7 Å². The van der Waals surface area contributed by atoms with Crippen molar-refractivity contribution < 1.29 is 28.0 Å². The first-order chi connectivity index (χ1) is 14.4. The molecule has 0 spiro atoms. The predicted molar refractivity (Wildman–Crippen MR) is 113 cm³/mol. The van der Waals surface area contributed by atoms with Gasteiger partial charge in [0.05, 0.1) is 4.92 Å². The van der Waals surface area contributed by atoms with Gasteiger partial charge in [0.25, 0.3) is 15.7 Å². The summed E-state index contributed by atoms with van der Waals surface area (Å²) in [5, 5.41) is 21.0. The van der Waals surface area contributed by atoms with E-state index in [9.17, 15) is 33.2 Å². The molecular weight excluding hydrogens is 426 g/mol. The van der Waals surface area contributed by atoms with Crippen LogP contribution in [0.2, 0.25) is 0 Å². The standard InChI is InChI=1S/C20H29N3O7S/c1-13(2)11-16-19(24)21(17(20(25)26)12-14(3)4)9-10-22(16)31(29,30)18-8-6-5-7-15(18)23(27)28/h5-8,13-14,16-17H,9-12H2,1-4H3,(H,25,26)/t16-,17-/m0/s1. The van der Waals surface area contributed by atoms with Crippen LogP contribution in [0.15, 0.2) is 29.2 Å². The fourth-order valence-corrected chi connectivity index (χ4v) is 5.55. The third kappa shape index (κ3) is 5.40. The normalized spacial score (nSPS) is 19.1. The first-order valence-corrected chi connectivity index (χ1v) is 11.6. The first kappa shape index (κ1) is 24.7. The van der Waals surface area contributed by atoms with Crippen molar-refractivity contribution in [1.82, 2.24) is 9.21 Å². The number of nitro groups is 1. The van der Waals surface area contributed by atoms with Crippen LogP contribution in [0, 0.1) is 22.0 Å². The highest BCUT2D eigenvalue weighted by atomic mass is 32.2. The van der Waals surface area contributed by atoms with Gasteiger partial charge in [0.15, 0.2) is 4.90 Å². The lowest BCUT2D eigenvalue weighted by Crippen LogP contribution is -2.62. The lowest BCUT2D eigenvalue weighted by Gasteiger charge is -2.42. The molecule has 1 saturated heterocycles. The summed E-state index contributed by atoms with van der Waals surface area (Å²) >= 11 is 0. The van der Waals surface area contributed by atoms with Gasteiger partial charge in [-0.15, -0.1) is 0 Å². The first-order valence-electron chi connectivity index (χ1n) is 10.2. The Morgan fingerprint density at radius 3 is 2.32 bits per heavy atom. The third-order valence-electron chi connectivity index (χ3n) is 5.18. The van der Waals surface area contributed by atoms with E-state index in [1.165, 1.54) is 17.0 Å². The van der Waals surface area contributed by atoms with E-state index >= 15 is 0 Å². The Morgan fingerprint density at radius 2 is 1.81 bits per heavy atom. The Morgan fingerprint density at radius 1 is 1.19 bits per heavy atom. The van der Waals surface area contributed by atoms with Gasteiger partial charge in [-0.1, -0.05) is 39.8 Å².